The van der Waals surface area contributed by atoms with Gasteiger partial charge in [0.1, 0.15) is 5.75 Å². The van der Waals surface area contributed by atoms with Gasteiger partial charge in [0.05, 0.1) is 24.2 Å². The highest BCUT2D eigenvalue weighted by molar-refractivity contribution is 6.04. The van der Waals surface area contributed by atoms with Crippen molar-refractivity contribution in [2.75, 3.05) is 6.61 Å². The average Bonchev–Trinajstić information content (AvgIpc) is 2.79. The number of carbonyl (C=O) groups is 2. The van der Waals surface area contributed by atoms with E-state index >= 15 is 0 Å². The normalized spacial score (nSPS) is 18.2. The standard InChI is InChI=1S/C28H31NO4/c1-18(2)33-24-15-8-7-12-21(24)26-25(19(3)29-22-13-9-14-23(30)27(22)26)28(31)32-17-16-20-10-5-4-6-11-20/h4-8,10-12,15,18,26,29H,9,13-14,16-17H2,1-3H3/t26-/m1/s1. The number of benzene rings is 2. The number of nitrogens with one attached hydrogen (secondary N) is 1. The first-order valence-corrected chi connectivity index (χ1v) is 11.7. The van der Waals surface area contributed by atoms with Crippen molar-refractivity contribution >= 4 is 11.8 Å². The molecule has 1 heterocycles. The van der Waals surface area contributed by atoms with Crippen molar-refractivity contribution in [2.45, 2.75) is 58.5 Å². The average molecular weight is 446 g/mol. The lowest BCUT2D eigenvalue weighted by atomic mass is 9.75. The van der Waals surface area contributed by atoms with Crippen LogP contribution in [0.25, 0.3) is 0 Å². The fraction of sp³-hybridized carbons (Fsp3) is 0.357. The molecule has 1 N–H and O–H groups in total. The van der Waals surface area contributed by atoms with Gasteiger partial charge in [-0.15, -0.1) is 0 Å². The molecule has 0 bridgehead atoms. The molecular weight excluding hydrogens is 414 g/mol. The number of ether oxygens (including phenoxy) is 2. The van der Waals surface area contributed by atoms with Crippen LogP contribution in [0.1, 0.15) is 57.1 Å². The molecule has 0 saturated heterocycles. The third kappa shape index (κ3) is 5.03. The number of hydrogen-bond acceptors (Lipinski definition) is 5. The van der Waals surface area contributed by atoms with E-state index in [4.69, 9.17) is 9.47 Å². The van der Waals surface area contributed by atoms with Gasteiger partial charge >= 0.3 is 5.97 Å². The van der Waals surface area contributed by atoms with E-state index in [2.05, 4.69) is 5.32 Å². The highest BCUT2D eigenvalue weighted by atomic mass is 16.5. The van der Waals surface area contributed by atoms with Gasteiger partial charge in [0.2, 0.25) is 0 Å². The van der Waals surface area contributed by atoms with Crippen molar-refractivity contribution < 1.29 is 19.1 Å². The van der Waals surface area contributed by atoms with Gasteiger partial charge in [-0.3, -0.25) is 4.79 Å². The Bertz CT molecular complexity index is 1100. The Morgan fingerprint density at radius 1 is 1.06 bits per heavy atom. The third-order valence-electron chi connectivity index (χ3n) is 6.06. The van der Waals surface area contributed by atoms with Crippen LogP contribution in [0.3, 0.4) is 0 Å². The van der Waals surface area contributed by atoms with Gasteiger partial charge in [-0.25, -0.2) is 4.79 Å². The van der Waals surface area contributed by atoms with Crippen LogP contribution in [0.2, 0.25) is 0 Å². The summed E-state index contributed by atoms with van der Waals surface area (Å²) in [5.74, 6) is -0.138. The molecule has 33 heavy (non-hydrogen) atoms. The second-order valence-corrected chi connectivity index (χ2v) is 8.84. The van der Waals surface area contributed by atoms with Crippen molar-refractivity contribution in [1.82, 2.24) is 5.32 Å². The van der Waals surface area contributed by atoms with E-state index in [1.165, 1.54) is 0 Å². The Hall–Kier alpha value is -3.34. The Labute approximate surface area is 195 Å². The molecule has 1 atom stereocenters. The van der Waals surface area contributed by atoms with E-state index in [-0.39, 0.29) is 18.5 Å². The van der Waals surface area contributed by atoms with Gasteiger partial charge in [-0.1, -0.05) is 48.5 Å². The van der Waals surface area contributed by atoms with Gasteiger partial charge in [-0.2, -0.15) is 0 Å². The predicted molar refractivity (Wildman–Crippen MR) is 128 cm³/mol. The number of hydrogen-bond donors (Lipinski definition) is 1. The van der Waals surface area contributed by atoms with E-state index in [0.717, 1.165) is 35.4 Å². The SMILES string of the molecule is CC1=C(C(=O)OCCc2ccccc2)[C@@H](c2ccccc2OC(C)C)C2=C(CCCC2=O)N1. The van der Waals surface area contributed by atoms with Gasteiger partial charge in [-0.05, 0) is 45.2 Å². The van der Waals surface area contributed by atoms with Gasteiger partial charge in [0.15, 0.2) is 5.78 Å². The topological polar surface area (TPSA) is 64.6 Å². The Morgan fingerprint density at radius 3 is 2.55 bits per heavy atom. The molecule has 2 aromatic carbocycles. The second kappa shape index (κ2) is 10.1. The smallest absolute Gasteiger partial charge is 0.336 e. The first-order chi connectivity index (χ1) is 16.0. The summed E-state index contributed by atoms with van der Waals surface area (Å²) in [4.78, 5) is 26.5. The van der Waals surface area contributed by atoms with Crippen LogP contribution in [0.15, 0.2) is 77.1 Å². The van der Waals surface area contributed by atoms with Gasteiger partial charge < -0.3 is 14.8 Å². The number of carbonyl (C=O) groups excluding carboxylic acids is 2. The lowest BCUT2D eigenvalue weighted by Gasteiger charge is -2.35. The lowest BCUT2D eigenvalue weighted by Crippen LogP contribution is -2.34. The van der Waals surface area contributed by atoms with Crippen molar-refractivity contribution in [3.05, 3.63) is 88.3 Å². The molecule has 0 fully saturated rings. The molecule has 0 unspecified atom stereocenters. The summed E-state index contributed by atoms with van der Waals surface area (Å²) in [5, 5.41) is 3.34. The summed E-state index contributed by atoms with van der Waals surface area (Å²) in [6.45, 7) is 6.09. The summed E-state index contributed by atoms with van der Waals surface area (Å²) < 4.78 is 11.8. The van der Waals surface area contributed by atoms with Crippen LogP contribution in [0.5, 0.6) is 5.75 Å². The van der Waals surface area contributed by atoms with Crippen LogP contribution in [-0.4, -0.2) is 24.5 Å². The highest BCUT2D eigenvalue weighted by Crippen LogP contribution is 2.45. The fourth-order valence-corrected chi connectivity index (χ4v) is 4.63. The molecule has 2 aliphatic rings. The minimum atomic E-state index is -0.506. The second-order valence-electron chi connectivity index (χ2n) is 8.84. The van der Waals surface area contributed by atoms with Crippen molar-refractivity contribution in [3.8, 4) is 5.75 Å². The summed E-state index contributed by atoms with van der Waals surface area (Å²) in [7, 11) is 0. The zero-order chi connectivity index (χ0) is 23.4. The summed E-state index contributed by atoms with van der Waals surface area (Å²) in [6, 6.07) is 17.6. The number of ketones is 1. The maximum absolute atomic E-state index is 13.4. The zero-order valence-electron chi connectivity index (χ0n) is 19.5. The van der Waals surface area contributed by atoms with Crippen LogP contribution < -0.4 is 10.1 Å². The molecule has 1 aliphatic heterocycles. The number of dihydropyridines is 1. The van der Waals surface area contributed by atoms with Crippen LogP contribution in [0, 0.1) is 0 Å². The first-order valence-electron chi connectivity index (χ1n) is 11.7. The number of rotatable bonds is 7. The molecule has 1 aliphatic carbocycles. The molecule has 0 amide bonds. The molecule has 0 aromatic heterocycles. The Morgan fingerprint density at radius 2 is 1.79 bits per heavy atom. The fourth-order valence-electron chi connectivity index (χ4n) is 4.63. The zero-order valence-corrected chi connectivity index (χ0v) is 19.5. The minimum Gasteiger partial charge on any atom is -0.491 e. The van der Waals surface area contributed by atoms with E-state index in [0.29, 0.717) is 29.7 Å². The Kier molecular flexibility index (Phi) is 6.97. The van der Waals surface area contributed by atoms with Crippen molar-refractivity contribution in [1.29, 1.82) is 0 Å². The van der Waals surface area contributed by atoms with E-state index in [1.54, 1.807) is 0 Å². The molecule has 0 radical (unpaired) electrons. The van der Waals surface area contributed by atoms with Crippen molar-refractivity contribution in [3.63, 3.8) is 0 Å². The van der Waals surface area contributed by atoms with Gasteiger partial charge in [0.25, 0.3) is 0 Å². The van der Waals surface area contributed by atoms with Gasteiger partial charge in [0, 0.05) is 35.4 Å². The monoisotopic (exact) mass is 445 g/mol. The lowest BCUT2D eigenvalue weighted by molar-refractivity contribution is -0.139. The molecule has 0 saturated carbocycles. The quantitative estimate of drug-likeness (QED) is 0.592. The summed E-state index contributed by atoms with van der Waals surface area (Å²) in [6.07, 6.45) is 2.69. The third-order valence-corrected chi connectivity index (χ3v) is 6.06. The van der Waals surface area contributed by atoms with Crippen LogP contribution >= 0.6 is 0 Å². The molecule has 5 nitrogen and oxygen atoms in total. The molecular formula is C28H31NO4. The number of esters is 1. The molecule has 2 aromatic rings. The predicted octanol–water partition coefficient (Wildman–Crippen LogP) is 5.23. The highest BCUT2D eigenvalue weighted by Gasteiger charge is 2.40. The van der Waals surface area contributed by atoms with Crippen molar-refractivity contribution in [2.24, 2.45) is 0 Å². The van der Waals surface area contributed by atoms with E-state index in [1.807, 2.05) is 75.4 Å². The Balaban J connectivity index is 1.69. The minimum absolute atomic E-state index is 0.0327. The molecule has 172 valence electrons. The first kappa shape index (κ1) is 22.8. The van der Waals surface area contributed by atoms with E-state index < -0.39 is 11.9 Å². The maximum atomic E-state index is 13.4. The number of para-hydroxylation sites is 1. The number of Topliss-reactive ketones (excluding diaryl/α,β-unsaturated/α-hetero) is 1. The van der Waals surface area contributed by atoms with Crippen LogP contribution in [-0.2, 0) is 20.7 Å². The summed E-state index contributed by atoms with van der Waals surface area (Å²) in [5.41, 5.74) is 4.73. The molecule has 4 rings (SSSR count). The molecule has 5 heteroatoms. The summed E-state index contributed by atoms with van der Waals surface area (Å²) >= 11 is 0. The van der Waals surface area contributed by atoms with Crippen LogP contribution in [0.4, 0.5) is 0 Å². The number of allylic oxidation sites excluding steroid dienone is 3. The largest absolute Gasteiger partial charge is 0.491 e. The molecule has 0 spiro atoms. The van der Waals surface area contributed by atoms with E-state index in [9.17, 15) is 9.59 Å². The maximum Gasteiger partial charge on any atom is 0.336 e.